The minimum absolute atomic E-state index is 0.0197. The quantitative estimate of drug-likeness (QED) is 0.755. The molecular weight excluding hydrogens is 288 g/mol. The Bertz CT molecular complexity index is 592. The van der Waals surface area contributed by atoms with Gasteiger partial charge in [0.1, 0.15) is 5.78 Å². The first-order chi connectivity index (χ1) is 10.9. The van der Waals surface area contributed by atoms with Crippen LogP contribution in [0, 0.1) is 28.6 Å². The molecule has 3 fully saturated rings. The molecule has 3 saturated carbocycles. The van der Waals surface area contributed by atoms with Crippen LogP contribution in [0.2, 0.25) is 0 Å². The van der Waals surface area contributed by atoms with Crippen LogP contribution >= 0.6 is 0 Å². The van der Waals surface area contributed by atoms with Gasteiger partial charge in [0.15, 0.2) is 0 Å². The zero-order valence-corrected chi connectivity index (χ0v) is 14.4. The second-order valence-electron chi connectivity index (χ2n) is 8.51. The summed E-state index contributed by atoms with van der Waals surface area (Å²) in [5, 5.41) is 9.99. The molecule has 0 aromatic carbocycles. The largest absolute Gasteiger partial charge is 0.385 e. The molecule has 0 aromatic heterocycles. The highest BCUT2D eigenvalue weighted by Crippen LogP contribution is 2.64. The van der Waals surface area contributed by atoms with Crippen LogP contribution in [0.25, 0.3) is 0 Å². The molecule has 0 saturated heterocycles. The maximum Gasteiger partial charge on any atom is 0.139 e. The topological polar surface area (TPSA) is 46.5 Å². The van der Waals surface area contributed by atoms with Crippen LogP contribution in [0.15, 0.2) is 23.8 Å². The van der Waals surface area contributed by atoms with E-state index in [0.717, 1.165) is 32.1 Å². The maximum atomic E-state index is 12.5. The lowest BCUT2D eigenvalue weighted by Gasteiger charge is -2.58. The van der Waals surface area contributed by atoms with E-state index in [1.807, 2.05) is 19.3 Å². The van der Waals surface area contributed by atoms with E-state index in [4.69, 9.17) is 4.74 Å². The summed E-state index contributed by atoms with van der Waals surface area (Å²) in [6.45, 7) is 4.52. The van der Waals surface area contributed by atoms with Crippen molar-refractivity contribution in [2.75, 3.05) is 7.11 Å². The van der Waals surface area contributed by atoms with Crippen LogP contribution in [0.1, 0.15) is 46.0 Å². The third-order valence-corrected chi connectivity index (χ3v) is 7.67. The van der Waals surface area contributed by atoms with Crippen LogP contribution < -0.4 is 0 Å². The van der Waals surface area contributed by atoms with Crippen molar-refractivity contribution in [2.24, 2.45) is 28.6 Å². The number of aliphatic hydroxyl groups is 1. The molecule has 0 aromatic rings. The zero-order chi connectivity index (χ0) is 16.4. The summed E-state index contributed by atoms with van der Waals surface area (Å²) < 4.78 is 5.92. The summed E-state index contributed by atoms with van der Waals surface area (Å²) in [4.78, 5) is 12.5. The number of rotatable bonds is 1. The van der Waals surface area contributed by atoms with Crippen LogP contribution in [0.3, 0.4) is 0 Å². The lowest BCUT2D eigenvalue weighted by molar-refractivity contribution is -0.138. The summed E-state index contributed by atoms with van der Waals surface area (Å²) in [6, 6.07) is 0. The normalized spacial score (nSPS) is 51.7. The zero-order valence-electron chi connectivity index (χ0n) is 14.4. The fourth-order valence-electron chi connectivity index (χ4n) is 6.28. The Balaban J connectivity index is 1.77. The van der Waals surface area contributed by atoms with E-state index >= 15 is 0 Å². The number of methoxy groups -OCH3 is 1. The number of carbonyl (C=O) groups is 1. The highest BCUT2D eigenvalue weighted by atomic mass is 16.5. The van der Waals surface area contributed by atoms with Crippen molar-refractivity contribution >= 4 is 5.78 Å². The van der Waals surface area contributed by atoms with Crippen molar-refractivity contribution in [3.8, 4) is 0 Å². The molecule has 3 heteroatoms. The van der Waals surface area contributed by atoms with Crippen molar-refractivity contribution in [1.29, 1.82) is 0 Å². The van der Waals surface area contributed by atoms with Gasteiger partial charge in [-0.2, -0.15) is 0 Å². The van der Waals surface area contributed by atoms with Gasteiger partial charge in [-0.1, -0.05) is 37.6 Å². The third kappa shape index (κ3) is 1.99. The van der Waals surface area contributed by atoms with Crippen molar-refractivity contribution in [3.05, 3.63) is 23.8 Å². The Kier molecular flexibility index (Phi) is 3.41. The fourth-order valence-corrected chi connectivity index (χ4v) is 6.28. The first kappa shape index (κ1) is 15.6. The average molecular weight is 316 g/mol. The number of ketones is 1. The van der Waals surface area contributed by atoms with Gasteiger partial charge < -0.3 is 9.84 Å². The van der Waals surface area contributed by atoms with Gasteiger partial charge in [0, 0.05) is 24.4 Å². The number of allylic oxidation sites excluding steroid dienone is 1. The summed E-state index contributed by atoms with van der Waals surface area (Å²) in [5.74, 6) is 1.89. The molecule has 0 bridgehead atoms. The van der Waals surface area contributed by atoms with Crippen molar-refractivity contribution in [1.82, 2.24) is 0 Å². The smallest absolute Gasteiger partial charge is 0.139 e. The summed E-state index contributed by atoms with van der Waals surface area (Å²) in [7, 11) is 1.81. The van der Waals surface area contributed by atoms with Gasteiger partial charge in [0.05, 0.1) is 12.2 Å². The van der Waals surface area contributed by atoms with Crippen molar-refractivity contribution in [3.63, 3.8) is 0 Å². The van der Waals surface area contributed by atoms with Gasteiger partial charge in [-0.05, 0) is 43.4 Å². The number of fused-ring (bicyclic) bond motifs is 5. The molecule has 2 unspecified atom stereocenters. The molecule has 4 aliphatic carbocycles. The Morgan fingerprint density at radius 3 is 2.78 bits per heavy atom. The van der Waals surface area contributed by atoms with Gasteiger partial charge in [-0.25, -0.2) is 0 Å². The van der Waals surface area contributed by atoms with E-state index in [1.54, 1.807) is 0 Å². The second-order valence-corrected chi connectivity index (χ2v) is 8.51. The molecule has 1 N–H and O–H groups in total. The monoisotopic (exact) mass is 316 g/mol. The summed E-state index contributed by atoms with van der Waals surface area (Å²) in [5.41, 5.74) is 1.22. The van der Waals surface area contributed by atoms with Crippen molar-refractivity contribution < 1.29 is 14.6 Å². The van der Waals surface area contributed by atoms with Gasteiger partial charge in [0.2, 0.25) is 0 Å². The van der Waals surface area contributed by atoms with Gasteiger partial charge in [0.25, 0.3) is 0 Å². The number of aliphatic hydroxyl groups excluding tert-OH is 1. The molecule has 0 radical (unpaired) electrons. The first-order valence-electron chi connectivity index (χ1n) is 9.05. The molecule has 0 amide bonds. The van der Waals surface area contributed by atoms with E-state index in [9.17, 15) is 9.90 Å². The first-order valence-corrected chi connectivity index (χ1v) is 9.05. The minimum Gasteiger partial charge on any atom is -0.385 e. The van der Waals surface area contributed by atoms with Crippen LogP contribution in [0.5, 0.6) is 0 Å². The standard InChI is InChI=1S/C20H28O3/c1-19-8-6-13(21)10-12(19)11-16(23-3)18-14-4-5-17(22)20(14,2)9-7-15(18)19/h6,8,10,13-16,18,21H,4-5,7,9,11H2,1-3H3/t13?,14-,15+,16?,18-,19-,20-/m0/s1. The third-order valence-electron chi connectivity index (χ3n) is 7.67. The average Bonchev–Trinajstić information content (AvgIpc) is 2.83. The lowest BCUT2D eigenvalue weighted by Crippen LogP contribution is -2.55. The number of hydrogen-bond acceptors (Lipinski definition) is 3. The van der Waals surface area contributed by atoms with E-state index in [-0.39, 0.29) is 16.9 Å². The number of ether oxygens (including phenoxy) is 1. The predicted octanol–water partition coefficient (Wildman–Crippen LogP) is 3.28. The van der Waals surface area contributed by atoms with Crippen LogP contribution in [0.4, 0.5) is 0 Å². The molecule has 4 rings (SSSR count). The Morgan fingerprint density at radius 2 is 2.04 bits per heavy atom. The van der Waals surface area contributed by atoms with Gasteiger partial charge in [-0.3, -0.25) is 4.79 Å². The number of hydrogen-bond donors (Lipinski definition) is 1. The van der Waals surface area contributed by atoms with E-state index < -0.39 is 6.10 Å². The SMILES string of the molecule is COC1CC2=CC(O)C=C[C@]2(C)[C@@H]2CC[C@]3(C)C(=O)CC[C@H]3[C@H]12. The number of carbonyl (C=O) groups excluding carboxylic acids is 1. The summed E-state index contributed by atoms with van der Waals surface area (Å²) >= 11 is 0. The highest BCUT2D eigenvalue weighted by molar-refractivity contribution is 5.87. The molecule has 0 aliphatic heterocycles. The molecule has 126 valence electrons. The van der Waals surface area contributed by atoms with Gasteiger partial charge >= 0.3 is 0 Å². The van der Waals surface area contributed by atoms with Crippen LogP contribution in [-0.4, -0.2) is 30.2 Å². The molecule has 3 nitrogen and oxygen atoms in total. The van der Waals surface area contributed by atoms with Crippen LogP contribution in [-0.2, 0) is 9.53 Å². The van der Waals surface area contributed by atoms with E-state index in [0.29, 0.717) is 23.5 Å². The summed E-state index contributed by atoms with van der Waals surface area (Å²) in [6.07, 6.45) is 10.6. The number of Topliss-reactive ketones (excluding diaryl/α,β-unsaturated/α-hetero) is 1. The molecule has 4 aliphatic rings. The van der Waals surface area contributed by atoms with E-state index in [1.165, 1.54) is 5.57 Å². The van der Waals surface area contributed by atoms with Crippen molar-refractivity contribution in [2.45, 2.75) is 58.2 Å². The lowest BCUT2D eigenvalue weighted by atomic mass is 9.47. The van der Waals surface area contributed by atoms with E-state index in [2.05, 4.69) is 19.9 Å². The highest BCUT2D eigenvalue weighted by Gasteiger charge is 2.61. The molecular formula is C20H28O3. The Hall–Kier alpha value is -0.930. The molecule has 7 atom stereocenters. The van der Waals surface area contributed by atoms with Gasteiger partial charge in [-0.15, -0.1) is 0 Å². The molecule has 0 heterocycles. The Labute approximate surface area is 138 Å². The fraction of sp³-hybridized carbons (Fsp3) is 0.750. The maximum absolute atomic E-state index is 12.5. The molecule has 23 heavy (non-hydrogen) atoms. The second kappa shape index (κ2) is 5.03. The predicted molar refractivity (Wildman–Crippen MR) is 88.8 cm³/mol. The minimum atomic E-state index is -0.464. The Morgan fingerprint density at radius 1 is 1.26 bits per heavy atom. The molecule has 0 spiro atoms.